The number of halogens is 3. The van der Waals surface area contributed by atoms with Crippen LogP contribution in [0.3, 0.4) is 0 Å². The van der Waals surface area contributed by atoms with Gasteiger partial charge in [-0.3, -0.25) is 0 Å². The van der Waals surface area contributed by atoms with E-state index in [1.165, 1.54) is 36.4 Å². The van der Waals surface area contributed by atoms with E-state index in [0.717, 1.165) is 22.3 Å². The summed E-state index contributed by atoms with van der Waals surface area (Å²) >= 11 is 0. The molecule has 0 unspecified atom stereocenters. The van der Waals surface area contributed by atoms with Crippen LogP contribution in [0.1, 0.15) is 0 Å². The van der Waals surface area contributed by atoms with Crippen LogP contribution in [0.15, 0.2) is 72.9 Å². The van der Waals surface area contributed by atoms with E-state index in [9.17, 15) is 13.2 Å². The molecule has 1 heterocycles. The summed E-state index contributed by atoms with van der Waals surface area (Å²) in [6.07, 6.45) is 1.85. The van der Waals surface area contributed by atoms with E-state index in [0.29, 0.717) is 5.39 Å². The van der Waals surface area contributed by atoms with Crippen LogP contribution in [0.2, 0.25) is 0 Å². The Morgan fingerprint density at radius 2 is 1.21 bits per heavy atom. The number of hydrogen-bond acceptors (Lipinski definition) is 0. The van der Waals surface area contributed by atoms with Crippen molar-refractivity contribution in [2.75, 3.05) is 0 Å². The molecule has 0 saturated carbocycles. The lowest BCUT2D eigenvalue weighted by Crippen LogP contribution is -1.91. The molecule has 4 aromatic rings. The average molecular weight is 323 g/mol. The predicted molar refractivity (Wildman–Crippen MR) is 88.6 cm³/mol. The first-order valence-corrected chi connectivity index (χ1v) is 7.44. The minimum atomic E-state index is -0.345. The number of hydrogen-bond donors (Lipinski definition) is 0. The molecule has 0 bridgehead atoms. The average Bonchev–Trinajstić information content (AvgIpc) is 2.95. The summed E-state index contributed by atoms with van der Waals surface area (Å²) in [7, 11) is 0. The quantitative estimate of drug-likeness (QED) is 0.445. The molecule has 0 N–H and O–H groups in total. The van der Waals surface area contributed by atoms with Gasteiger partial charge in [-0.25, -0.2) is 13.2 Å². The molecule has 0 radical (unpaired) electrons. The maximum atomic E-state index is 13.7. The van der Waals surface area contributed by atoms with Gasteiger partial charge in [0.25, 0.3) is 0 Å². The van der Waals surface area contributed by atoms with Crippen LogP contribution in [-0.2, 0) is 0 Å². The van der Waals surface area contributed by atoms with Crippen LogP contribution >= 0.6 is 0 Å². The molecule has 3 aromatic carbocycles. The normalized spacial score (nSPS) is 11.1. The van der Waals surface area contributed by atoms with Crippen molar-refractivity contribution in [1.82, 2.24) is 4.57 Å². The van der Waals surface area contributed by atoms with Crippen molar-refractivity contribution in [3.8, 4) is 16.8 Å². The zero-order chi connectivity index (χ0) is 16.7. The van der Waals surface area contributed by atoms with E-state index in [1.54, 1.807) is 30.3 Å². The number of fused-ring (bicyclic) bond motifs is 1. The Morgan fingerprint density at radius 3 is 1.88 bits per heavy atom. The van der Waals surface area contributed by atoms with E-state index in [1.807, 2.05) is 10.8 Å². The molecule has 0 amide bonds. The molecule has 0 saturated heterocycles. The van der Waals surface area contributed by atoms with Crippen LogP contribution in [0.25, 0.3) is 27.7 Å². The Morgan fingerprint density at radius 1 is 0.625 bits per heavy atom. The molecule has 0 aliphatic heterocycles. The van der Waals surface area contributed by atoms with Crippen molar-refractivity contribution in [2.24, 2.45) is 0 Å². The van der Waals surface area contributed by atoms with Gasteiger partial charge in [0.1, 0.15) is 17.5 Å². The zero-order valence-corrected chi connectivity index (χ0v) is 12.5. The fraction of sp³-hybridized carbons (Fsp3) is 0. The minimum absolute atomic E-state index is 0.319. The molecule has 0 spiro atoms. The summed E-state index contributed by atoms with van der Waals surface area (Å²) in [6.45, 7) is 0. The van der Waals surface area contributed by atoms with Gasteiger partial charge < -0.3 is 4.57 Å². The van der Waals surface area contributed by atoms with Gasteiger partial charge in [0.15, 0.2) is 0 Å². The molecular formula is C20H12F3N. The smallest absolute Gasteiger partial charge is 0.123 e. The number of nitrogens with zero attached hydrogens (tertiary/aromatic N) is 1. The van der Waals surface area contributed by atoms with E-state index in [-0.39, 0.29) is 17.5 Å². The van der Waals surface area contributed by atoms with Crippen LogP contribution in [-0.4, -0.2) is 4.57 Å². The molecular weight excluding hydrogens is 311 g/mol. The van der Waals surface area contributed by atoms with Crippen LogP contribution in [0.5, 0.6) is 0 Å². The Labute approximate surface area is 136 Å². The van der Waals surface area contributed by atoms with Gasteiger partial charge in [0, 0.05) is 22.8 Å². The van der Waals surface area contributed by atoms with E-state index < -0.39 is 0 Å². The fourth-order valence-corrected chi connectivity index (χ4v) is 2.88. The molecule has 1 nitrogen and oxygen atoms in total. The fourth-order valence-electron chi connectivity index (χ4n) is 2.88. The lowest BCUT2D eigenvalue weighted by molar-refractivity contribution is 0.627. The van der Waals surface area contributed by atoms with Crippen molar-refractivity contribution >= 4 is 10.9 Å². The highest BCUT2D eigenvalue weighted by Gasteiger charge is 2.12. The van der Waals surface area contributed by atoms with Crippen LogP contribution < -0.4 is 0 Å². The Hall–Kier alpha value is -3.01. The highest BCUT2D eigenvalue weighted by Crippen LogP contribution is 2.33. The van der Waals surface area contributed by atoms with Gasteiger partial charge in [0.2, 0.25) is 0 Å². The minimum Gasteiger partial charge on any atom is -0.316 e. The summed E-state index contributed by atoms with van der Waals surface area (Å²) < 4.78 is 42.0. The van der Waals surface area contributed by atoms with Crippen molar-refractivity contribution < 1.29 is 13.2 Å². The summed E-state index contributed by atoms with van der Waals surface area (Å²) in [6, 6.07) is 16.6. The summed E-state index contributed by atoms with van der Waals surface area (Å²) in [5, 5.41) is 0.714. The number of rotatable bonds is 2. The lowest BCUT2D eigenvalue weighted by Gasteiger charge is -2.04. The molecule has 0 aliphatic carbocycles. The zero-order valence-electron chi connectivity index (χ0n) is 12.5. The molecule has 0 fully saturated rings. The first-order valence-electron chi connectivity index (χ1n) is 7.44. The molecule has 0 aliphatic rings. The third kappa shape index (κ3) is 2.46. The van der Waals surface area contributed by atoms with E-state index >= 15 is 0 Å². The second kappa shape index (κ2) is 5.57. The highest BCUT2D eigenvalue weighted by molar-refractivity contribution is 5.97. The second-order valence-corrected chi connectivity index (χ2v) is 5.56. The maximum absolute atomic E-state index is 13.7. The first kappa shape index (κ1) is 14.6. The molecule has 24 heavy (non-hydrogen) atoms. The Kier molecular flexibility index (Phi) is 3.38. The van der Waals surface area contributed by atoms with Gasteiger partial charge in [0.05, 0.1) is 5.52 Å². The number of benzene rings is 3. The summed E-state index contributed by atoms with van der Waals surface area (Å²) in [5.74, 6) is -0.991. The molecule has 4 heteroatoms. The van der Waals surface area contributed by atoms with Gasteiger partial charge in [-0.1, -0.05) is 12.1 Å². The van der Waals surface area contributed by atoms with Gasteiger partial charge in [-0.15, -0.1) is 0 Å². The summed E-state index contributed by atoms with van der Waals surface area (Å²) in [5.41, 5.74) is 3.13. The van der Waals surface area contributed by atoms with Crippen molar-refractivity contribution in [2.45, 2.75) is 0 Å². The maximum Gasteiger partial charge on any atom is 0.123 e. The lowest BCUT2D eigenvalue weighted by atomic mass is 10.0. The van der Waals surface area contributed by atoms with Crippen molar-refractivity contribution in [3.05, 3.63) is 90.4 Å². The molecule has 118 valence electrons. The highest BCUT2D eigenvalue weighted by atomic mass is 19.1. The topological polar surface area (TPSA) is 4.93 Å². The van der Waals surface area contributed by atoms with Crippen molar-refractivity contribution in [1.29, 1.82) is 0 Å². The van der Waals surface area contributed by atoms with Gasteiger partial charge >= 0.3 is 0 Å². The van der Waals surface area contributed by atoms with E-state index in [2.05, 4.69) is 0 Å². The number of aromatic nitrogens is 1. The summed E-state index contributed by atoms with van der Waals surface area (Å²) in [4.78, 5) is 0. The van der Waals surface area contributed by atoms with Gasteiger partial charge in [-0.05, 0) is 60.2 Å². The Bertz CT molecular complexity index is 1020. The SMILES string of the molecule is Fc1ccc(-c2cn(-c3ccc(F)cc3)c3ccc(F)cc23)cc1. The third-order valence-corrected chi connectivity index (χ3v) is 4.03. The van der Waals surface area contributed by atoms with Gasteiger partial charge in [-0.2, -0.15) is 0 Å². The molecule has 1 aromatic heterocycles. The largest absolute Gasteiger partial charge is 0.316 e. The molecule has 4 rings (SSSR count). The predicted octanol–water partition coefficient (Wildman–Crippen LogP) is 5.71. The van der Waals surface area contributed by atoms with Crippen LogP contribution in [0, 0.1) is 17.5 Å². The third-order valence-electron chi connectivity index (χ3n) is 4.03. The first-order chi connectivity index (χ1) is 11.6. The Balaban J connectivity index is 1.98. The standard InChI is InChI=1S/C20H12F3N/c21-14-3-1-13(2-4-14)19-12-24(17-8-5-15(22)6-9-17)20-10-7-16(23)11-18(19)20/h1-12H. The molecule has 0 atom stereocenters. The second-order valence-electron chi connectivity index (χ2n) is 5.56. The van der Waals surface area contributed by atoms with Crippen LogP contribution in [0.4, 0.5) is 13.2 Å². The van der Waals surface area contributed by atoms with E-state index in [4.69, 9.17) is 0 Å². The monoisotopic (exact) mass is 323 g/mol. The van der Waals surface area contributed by atoms with Crippen molar-refractivity contribution in [3.63, 3.8) is 0 Å².